The van der Waals surface area contributed by atoms with Gasteiger partial charge >= 0.3 is 0 Å². The highest BCUT2D eigenvalue weighted by Gasteiger charge is 2.72. The molecule has 2 aliphatic rings. The standard InChI is InChI=1S/C22H23N5O3/c1-12-10-25-17-8-13(3-6-26(12)17)30-11-22-9-15(22)18(19(28)20(22)29)27-7-4-14-16(23)2-5-24-21(14)27/h2-8,10,15,18-20,28-29H,9,11H2,1H3,(H2,23,24)/t15-,18-,19+,20+,22+/m1/s1. The first-order valence-electron chi connectivity index (χ1n) is 10.1. The van der Waals surface area contributed by atoms with E-state index in [9.17, 15) is 10.2 Å². The van der Waals surface area contributed by atoms with E-state index in [1.165, 1.54) is 0 Å². The smallest absolute Gasteiger partial charge is 0.142 e. The predicted octanol–water partition coefficient (Wildman–Crippen LogP) is 1.94. The minimum Gasteiger partial charge on any atom is -0.493 e. The number of nitrogens with two attached hydrogens (primary N) is 1. The summed E-state index contributed by atoms with van der Waals surface area (Å²) in [7, 11) is 0. The predicted molar refractivity (Wildman–Crippen MR) is 111 cm³/mol. The van der Waals surface area contributed by atoms with E-state index < -0.39 is 17.6 Å². The van der Waals surface area contributed by atoms with E-state index in [0.717, 1.165) is 28.8 Å². The molecule has 0 saturated heterocycles. The monoisotopic (exact) mass is 405 g/mol. The van der Waals surface area contributed by atoms with Gasteiger partial charge in [0.05, 0.1) is 18.8 Å². The van der Waals surface area contributed by atoms with Crippen LogP contribution in [0.25, 0.3) is 16.7 Å². The number of aliphatic hydroxyl groups excluding tert-OH is 2. The van der Waals surface area contributed by atoms with Crippen molar-refractivity contribution in [1.82, 2.24) is 18.9 Å². The first kappa shape index (κ1) is 17.7. The molecule has 154 valence electrons. The molecule has 2 fully saturated rings. The Balaban J connectivity index is 1.27. The second-order valence-corrected chi connectivity index (χ2v) is 8.61. The number of hydrogen-bond acceptors (Lipinski definition) is 6. The van der Waals surface area contributed by atoms with Crippen LogP contribution in [0.2, 0.25) is 0 Å². The number of rotatable bonds is 4. The molecule has 4 aromatic heterocycles. The lowest BCUT2D eigenvalue weighted by molar-refractivity contribution is -0.0273. The molecular formula is C22H23N5O3. The molecule has 30 heavy (non-hydrogen) atoms. The van der Waals surface area contributed by atoms with Gasteiger partial charge in [-0.3, -0.25) is 0 Å². The van der Waals surface area contributed by atoms with Crippen LogP contribution in [0.1, 0.15) is 18.2 Å². The maximum absolute atomic E-state index is 10.9. The molecule has 2 aliphatic carbocycles. The van der Waals surface area contributed by atoms with Crippen LogP contribution in [0, 0.1) is 18.3 Å². The van der Waals surface area contributed by atoms with E-state index in [1.54, 1.807) is 12.3 Å². The largest absolute Gasteiger partial charge is 0.493 e. The quantitative estimate of drug-likeness (QED) is 0.479. The van der Waals surface area contributed by atoms with Crippen molar-refractivity contribution in [3.8, 4) is 5.75 Å². The normalized spacial score (nSPS) is 30.1. The molecule has 0 aromatic carbocycles. The third kappa shape index (κ3) is 2.28. The van der Waals surface area contributed by atoms with Crippen molar-refractivity contribution in [3.63, 3.8) is 0 Å². The van der Waals surface area contributed by atoms with Crippen LogP contribution in [0.4, 0.5) is 5.69 Å². The lowest BCUT2D eigenvalue weighted by atomic mass is 10.0. The highest BCUT2D eigenvalue weighted by molar-refractivity contribution is 5.88. The maximum atomic E-state index is 10.9. The first-order chi connectivity index (χ1) is 14.5. The lowest BCUT2D eigenvalue weighted by Crippen LogP contribution is -2.36. The Kier molecular flexibility index (Phi) is 3.52. The fraction of sp³-hybridized carbons (Fsp3) is 0.364. The van der Waals surface area contributed by atoms with Crippen molar-refractivity contribution in [3.05, 3.63) is 54.7 Å². The van der Waals surface area contributed by atoms with Gasteiger partial charge in [0.2, 0.25) is 0 Å². The molecule has 0 radical (unpaired) electrons. The van der Waals surface area contributed by atoms with E-state index in [2.05, 4.69) is 9.97 Å². The Morgan fingerprint density at radius 1 is 1.23 bits per heavy atom. The van der Waals surface area contributed by atoms with Gasteiger partial charge in [-0.05, 0) is 37.5 Å². The molecule has 0 aliphatic heterocycles. The van der Waals surface area contributed by atoms with Gasteiger partial charge in [-0.15, -0.1) is 0 Å². The van der Waals surface area contributed by atoms with Crippen molar-refractivity contribution >= 4 is 22.4 Å². The van der Waals surface area contributed by atoms with Gasteiger partial charge in [0.15, 0.2) is 0 Å². The molecule has 4 heterocycles. The molecule has 0 spiro atoms. The summed E-state index contributed by atoms with van der Waals surface area (Å²) in [4.78, 5) is 8.82. The molecule has 8 heteroatoms. The average molecular weight is 405 g/mol. The highest BCUT2D eigenvalue weighted by Crippen LogP contribution is 2.67. The fourth-order valence-corrected chi connectivity index (χ4v) is 5.24. The Bertz CT molecular complexity index is 1280. The molecule has 4 N–H and O–H groups in total. The van der Waals surface area contributed by atoms with E-state index in [-0.39, 0.29) is 12.0 Å². The van der Waals surface area contributed by atoms with Crippen molar-refractivity contribution in [1.29, 1.82) is 0 Å². The van der Waals surface area contributed by atoms with E-state index in [1.807, 2.05) is 52.7 Å². The fourth-order valence-electron chi connectivity index (χ4n) is 5.24. The minimum atomic E-state index is -0.886. The van der Waals surface area contributed by atoms with Crippen LogP contribution in [0.3, 0.4) is 0 Å². The molecule has 0 amide bonds. The number of aromatic nitrogens is 4. The molecule has 6 rings (SSSR count). The summed E-state index contributed by atoms with van der Waals surface area (Å²) in [5.41, 5.74) is 8.87. The highest BCUT2D eigenvalue weighted by atomic mass is 16.5. The van der Waals surface area contributed by atoms with Gasteiger partial charge in [-0.25, -0.2) is 9.97 Å². The van der Waals surface area contributed by atoms with E-state index in [0.29, 0.717) is 18.0 Å². The van der Waals surface area contributed by atoms with Crippen LogP contribution in [0.15, 0.2) is 49.1 Å². The molecule has 4 aromatic rings. The number of imidazole rings is 1. The Labute approximate surface area is 172 Å². The molecule has 0 unspecified atom stereocenters. The summed E-state index contributed by atoms with van der Waals surface area (Å²) >= 11 is 0. The zero-order valence-electron chi connectivity index (χ0n) is 16.5. The zero-order chi connectivity index (χ0) is 20.6. The topological polar surface area (TPSA) is 111 Å². The number of hydrogen-bond donors (Lipinski definition) is 3. The molecule has 0 bridgehead atoms. The van der Waals surface area contributed by atoms with Crippen LogP contribution in [-0.2, 0) is 0 Å². The van der Waals surface area contributed by atoms with E-state index in [4.69, 9.17) is 10.5 Å². The summed E-state index contributed by atoms with van der Waals surface area (Å²) in [6, 6.07) is 7.21. The van der Waals surface area contributed by atoms with Gasteiger partial charge in [-0.1, -0.05) is 0 Å². The maximum Gasteiger partial charge on any atom is 0.142 e. The molecular weight excluding hydrogens is 382 g/mol. The number of aliphatic hydroxyl groups is 2. The zero-order valence-corrected chi connectivity index (χ0v) is 16.5. The van der Waals surface area contributed by atoms with Crippen molar-refractivity contribution < 1.29 is 14.9 Å². The van der Waals surface area contributed by atoms with Crippen molar-refractivity contribution in [2.45, 2.75) is 31.6 Å². The van der Waals surface area contributed by atoms with Crippen LogP contribution >= 0.6 is 0 Å². The number of aryl methyl sites for hydroxylation is 1. The van der Waals surface area contributed by atoms with Crippen LogP contribution in [0.5, 0.6) is 5.75 Å². The van der Waals surface area contributed by atoms with E-state index >= 15 is 0 Å². The second-order valence-electron chi connectivity index (χ2n) is 8.61. The molecule has 5 atom stereocenters. The first-order valence-corrected chi connectivity index (χ1v) is 10.1. The van der Waals surface area contributed by atoms with Gasteiger partial charge in [0.1, 0.15) is 23.1 Å². The molecule has 2 saturated carbocycles. The Hall–Kier alpha value is -3.10. The van der Waals surface area contributed by atoms with Crippen LogP contribution in [-0.4, -0.2) is 48.0 Å². The summed E-state index contributed by atoms with van der Waals surface area (Å²) < 4.78 is 10.0. The average Bonchev–Trinajstić information content (AvgIpc) is 3.00. The number of anilines is 1. The summed E-state index contributed by atoms with van der Waals surface area (Å²) in [6.07, 6.45) is 6.37. The Morgan fingerprint density at radius 2 is 2.10 bits per heavy atom. The number of pyridine rings is 2. The number of ether oxygens (including phenoxy) is 1. The Morgan fingerprint density at radius 3 is 2.97 bits per heavy atom. The van der Waals surface area contributed by atoms with Crippen molar-refractivity contribution in [2.24, 2.45) is 11.3 Å². The number of nitrogen functional groups attached to an aromatic ring is 1. The summed E-state index contributed by atoms with van der Waals surface area (Å²) in [5, 5.41) is 22.6. The third-order valence-electron chi connectivity index (χ3n) is 7.00. The van der Waals surface area contributed by atoms with Crippen molar-refractivity contribution in [2.75, 3.05) is 12.3 Å². The SMILES string of the molecule is Cc1cnc2cc(OC[C@@]34C[C@@H]3[C@@H](n3ccc5c(N)ccnc53)[C@H](O)[C@@H]4O)ccn12. The number of nitrogens with zero attached hydrogens (tertiary/aromatic N) is 4. The second kappa shape index (κ2) is 5.96. The summed E-state index contributed by atoms with van der Waals surface area (Å²) in [6.45, 7) is 2.34. The van der Waals surface area contributed by atoms with Gasteiger partial charge < -0.3 is 29.7 Å². The van der Waals surface area contributed by atoms with Gasteiger partial charge in [0, 0.05) is 53.0 Å². The summed E-state index contributed by atoms with van der Waals surface area (Å²) in [5.74, 6) is 0.817. The van der Waals surface area contributed by atoms with Crippen LogP contribution < -0.4 is 10.5 Å². The number of fused-ring (bicyclic) bond motifs is 3. The van der Waals surface area contributed by atoms with Gasteiger partial charge in [-0.2, -0.15) is 0 Å². The van der Waals surface area contributed by atoms with Gasteiger partial charge in [0.25, 0.3) is 0 Å². The lowest BCUT2D eigenvalue weighted by Gasteiger charge is -2.24. The minimum absolute atomic E-state index is 0.110. The third-order valence-corrected chi connectivity index (χ3v) is 7.00. The molecule has 8 nitrogen and oxygen atoms in total.